The number of hydrogen-bond donors (Lipinski definition) is 3. The molecule has 1 amide bonds. The van der Waals surface area contributed by atoms with E-state index in [1.807, 2.05) is 23.5 Å². The monoisotopic (exact) mass is 459 g/mol. The second-order valence-electron chi connectivity index (χ2n) is 8.15. The Morgan fingerprint density at radius 1 is 1.18 bits per heavy atom. The average molecular weight is 459 g/mol. The van der Waals surface area contributed by atoms with Crippen molar-refractivity contribution >= 4 is 17.5 Å². The predicted octanol–water partition coefficient (Wildman–Crippen LogP) is 4.24. The van der Waals surface area contributed by atoms with Gasteiger partial charge in [0.1, 0.15) is 6.54 Å². The number of hydrogen-bond acceptors (Lipinski definition) is 5. The van der Waals surface area contributed by atoms with E-state index in [1.54, 1.807) is 23.7 Å². The van der Waals surface area contributed by atoms with E-state index >= 15 is 0 Å². The molecule has 1 saturated carbocycles. The molecule has 3 N–H and O–H groups in total. The quantitative estimate of drug-likeness (QED) is 0.469. The molecule has 2 aromatic carbocycles. The lowest BCUT2D eigenvalue weighted by Gasteiger charge is -2.12. The number of alkyl halides is 3. The van der Waals surface area contributed by atoms with Crippen molar-refractivity contribution in [2.75, 3.05) is 11.9 Å². The summed E-state index contributed by atoms with van der Waals surface area (Å²) in [6, 6.07) is 14.0. The fraction of sp³-hybridized carbons (Fsp3) is 0.348. The van der Waals surface area contributed by atoms with Crippen molar-refractivity contribution in [2.24, 2.45) is 0 Å². The molecule has 1 atom stereocenters. The van der Waals surface area contributed by atoms with E-state index in [0.29, 0.717) is 23.3 Å². The van der Waals surface area contributed by atoms with Gasteiger partial charge in [-0.05, 0) is 49.4 Å². The summed E-state index contributed by atoms with van der Waals surface area (Å²) in [6.45, 7) is 0.479. The highest BCUT2D eigenvalue weighted by molar-refractivity contribution is 5.94. The second-order valence-corrected chi connectivity index (χ2v) is 8.15. The topological polar surface area (TPSA) is 92.1 Å². The summed E-state index contributed by atoms with van der Waals surface area (Å²) in [5.74, 6) is 0.540. The number of aromatic nitrogens is 3. The SMILES string of the molecule is CC(O)Cn1nc(-c2ccc(C(=O)NCC(F)(F)F)cc2)nc1Nc1ccccc1C1CC1. The molecular weight excluding hydrogens is 435 g/mol. The number of aliphatic hydroxyl groups is 1. The Morgan fingerprint density at radius 2 is 1.88 bits per heavy atom. The first-order valence-electron chi connectivity index (χ1n) is 10.6. The Kier molecular flexibility index (Phi) is 6.37. The van der Waals surface area contributed by atoms with E-state index in [0.717, 1.165) is 18.5 Å². The van der Waals surface area contributed by atoms with Gasteiger partial charge >= 0.3 is 6.18 Å². The number of rotatable bonds is 8. The van der Waals surface area contributed by atoms with Gasteiger partial charge in [-0.1, -0.05) is 30.3 Å². The molecule has 174 valence electrons. The first-order chi connectivity index (χ1) is 15.7. The summed E-state index contributed by atoms with van der Waals surface area (Å²) in [5.41, 5.74) is 2.83. The van der Waals surface area contributed by atoms with Gasteiger partial charge < -0.3 is 15.7 Å². The summed E-state index contributed by atoms with van der Waals surface area (Å²) in [6.07, 6.45) is -2.84. The maximum Gasteiger partial charge on any atom is 0.405 e. The van der Waals surface area contributed by atoms with Crippen molar-refractivity contribution in [3.8, 4) is 11.4 Å². The van der Waals surface area contributed by atoms with Crippen molar-refractivity contribution in [3.63, 3.8) is 0 Å². The lowest BCUT2D eigenvalue weighted by atomic mass is 10.1. The van der Waals surface area contributed by atoms with E-state index in [4.69, 9.17) is 0 Å². The Balaban J connectivity index is 1.56. The van der Waals surface area contributed by atoms with Gasteiger partial charge in [0.2, 0.25) is 5.95 Å². The molecule has 4 rings (SSSR count). The van der Waals surface area contributed by atoms with Crippen LogP contribution in [-0.4, -0.2) is 44.6 Å². The summed E-state index contributed by atoms with van der Waals surface area (Å²) < 4.78 is 38.5. The summed E-state index contributed by atoms with van der Waals surface area (Å²) in [4.78, 5) is 16.5. The van der Waals surface area contributed by atoms with Crippen LogP contribution in [0, 0.1) is 0 Å². The molecule has 1 heterocycles. The van der Waals surface area contributed by atoms with E-state index < -0.39 is 24.7 Å². The molecule has 1 fully saturated rings. The lowest BCUT2D eigenvalue weighted by Crippen LogP contribution is -2.33. The number of para-hydroxylation sites is 1. The van der Waals surface area contributed by atoms with Crippen molar-refractivity contribution in [3.05, 3.63) is 59.7 Å². The van der Waals surface area contributed by atoms with Crippen LogP contribution in [0.2, 0.25) is 0 Å². The van der Waals surface area contributed by atoms with Crippen LogP contribution in [0.15, 0.2) is 48.5 Å². The highest BCUT2D eigenvalue weighted by atomic mass is 19.4. The van der Waals surface area contributed by atoms with Gasteiger partial charge in [-0.2, -0.15) is 18.2 Å². The van der Waals surface area contributed by atoms with Crippen LogP contribution in [0.1, 0.15) is 41.6 Å². The standard InChI is InChI=1S/C23H24F3N5O2/c1-14(32)12-31-22(28-19-5-3-2-4-18(19)15-6-7-15)29-20(30-31)16-8-10-17(11-9-16)21(33)27-13-23(24,25)26/h2-5,8-11,14-15,32H,6-7,12-13H2,1H3,(H,27,33)(H,28,29,30). The Labute approximate surface area is 188 Å². The van der Waals surface area contributed by atoms with Gasteiger partial charge in [-0.25, -0.2) is 4.68 Å². The molecule has 3 aromatic rings. The number of nitrogens with zero attached hydrogens (tertiary/aromatic N) is 3. The summed E-state index contributed by atoms with van der Waals surface area (Å²) in [7, 11) is 0. The van der Waals surface area contributed by atoms with Crippen LogP contribution in [0.25, 0.3) is 11.4 Å². The highest BCUT2D eigenvalue weighted by Gasteiger charge is 2.28. The fourth-order valence-electron chi connectivity index (χ4n) is 3.47. The van der Waals surface area contributed by atoms with Crippen LogP contribution in [-0.2, 0) is 6.54 Å². The lowest BCUT2D eigenvalue weighted by molar-refractivity contribution is -0.123. The first kappa shape index (κ1) is 22.8. The van der Waals surface area contributed by atoms with E-state index in [1.165, 1.54) is 17.7 Å². The fourth-order valence-corrected chi connectivity index (χ4v) is 3.47. The van der Waals surface area contributed by atoms with Crippen molar-refractivity contribution in [1.82, 2.24) is 20.1 Å². The second kappa shape index (κ2) is 9.22. The van der Waals surface area contributed by atoms with Crippen molar-refractivity contribution in [1.29, 1.82) is 0 Å². The minimum atomic E-state index is -4.47. The zero-order valence-electron chi connectivity index (χ0n) is 17.9. The third kappa shape index (κ3) is 5.89. The molecular formula is C23H24F3N5O2. The zero-order valence-corrected chi connectivity index (χ0v) is 17.9. The Bertz CT molecular complexity index is 1120. The third-order valence-corrected chi connectivity index (χ3v) is 5.19. The molecule has 7 nitrogen and oxygen atoms in total. The highest BCUT2D eigenvalue weighted by Crippen LogP contribution is 2.43. The van der Waals surface area contributed by atoms with Crippen LogP contribution in [0.3, 0.4) is 0 Å². The van der Waals surface area contributed by atoms with Gasteiger partial charge in [0.15, 0.2) is 5.82 Å². The molecule has 1 aliphatic carbocycles. The molecule has 1 unspecified atom stereocenters. The molecule has 1 aliphatic rings. The molecule has 0 radical (unpaired) electrons. The van der Waals surface area contributed by atoms with Crippen LogP contribution in [0.5, 0.6) is 0 Å². The van der Waals surface area contributed by atoms with Crippen molar-refractivity contribution < 1.29 is 23.1 Å². The van der Waals surface area contributed by atoms with Crippen LogP contribution < -0.4 is 10.6 Å². The van der Waals surface area contributed by atoms with E-state index in [2.05, 4.69) is 21.5 Å². The molecule has 10 heteroatoms. The average Bonchev–Trinajstić information content (AvgIpc) is 3.54. The number of anilines is 2. The molecule has 0 aliphatic heterocycles. The predicted molar refractivity (Wildman–Crippen MR) is 117 cm³/mol. The number of benzene rings is 2. The number of carbonyl (C=O) groups excluding carboxylic acids is 1. The maximum atomic E-state index is 12.3. The molecule has 0 saturated heterocycles. The minimum absolute atomic E-state index is 0.100. The van der Waals surface area contributed by atoms with Gasteiger partial charge in [-0.3, -0.25) is 4.79 Å². The first-order valence-corrected chi connectivity index (χ1v) is 10.6. The summed E-state index contributed by atoms with van der Waals surface area (Å²) >= 11 is 0. The summed E-state index contributed by atoms with van der Waals surface area (Å²) in [5, 5.41) is 19.5. The molecule has 1 aromatic heterocycles. The minimum Gasteiger partial charge on any atom is -0.391 e. The number of aliphatic hydroxyl groups excluding tert-OH is 1. The third-order valence-electron chi connectivity index (χ3n) is 5.19. The smallest absolute Gasteiger partial charge is 0.391 e. The molecule has 0 spiro atoms. The number of carbonyl (C=O) groups is 1. The maximum absolute atomic E-state index is 12.3. The van der Waals surface area contributed by atoms with Gasteiger partial charge in [0.25, 0.3) is 5.91 Å². The molecule has 33 heavy (non-hydrogen) atoms. The molecule has 0 bridgehead atoms. The number of nitrogens with one attached hydrogen (secondary N) is 2. The van der Waals surface area contributed by atoms with Gasteiger partial charge in [0, 0.05) is 16.8 Å². The van der Waals surface area contributed by atoms with Gasteiger partial charge in [-0.15, -0.1) is 5.10 Å². The zero-order chi connectivity index (χ0) is 23.6. The van der Waals surface area contributed by atoms with E-state index in [9.17, 15) is 23.1 Å². The largest absolute Gasteiger partial charge is 0.405 e. The van der Waals surface area contributed by atoms with Crippen LogP contribution in [0.4, 0.5) is 24.8 Å². The van der Waals surface area contributed by atoms with Gasteiger partial charge in [0.05, 0.1) is 12.6 Å². The van der Waals surface area contributed by atoms with Crippen molar-refractivity contribution in [2.45, 2.75) is 44.5 Å². The van der Waals surface area contributed by atoms with E-state index in [-0.39, 0.29) is 12.1 Å². The Morgan fingerprint density at radius 3 is 2.52 bits per heavy atom. The Hall–Kier alpha value is -3.40. The number of halogens is 3. The number of amides is 1. The van der Waals surface area contributed by atoms with Crippen LogP contribution >= 0.6 is 0 Å². The normalized spacial score (nSPS) is 14.7.